The second kappa shape index (κ2) is 13.5. The maximum atomic E-state index is 2.46. The van der Waals surface area contributed by atoms with E-state index in [4.69, 9.17) is 0 Å². The van der Waals surface area contributed by atoms with Crippen molar-refractivity contribution in [1.82, 2.24) is 0 Å². The molecule has 0 aliphatic carbocycles. The van der Waals surface area contributed by atoms with E-state index in [2.05, 4.69) is 199 Å². The molecule has 1 atom stereocenters. The lowest BCUT2D eigenvalue weighted by molar-refractivity contribution is 0.808. The number of benzene rings is 8. The van der Waals surface area contributed by atoms with Gasteiger partial charge < -0.3 is 4.90 Å². The van der Waals surface area contributed by atoms with Crippen LogP contribution in [0.3, 0.4) is 0 Å². The van der Waals surface area contributed by atoms with Crippen LogP contribution in [-0.2, 0) is 6.42 Å². The van der Waals surface area contributed by atoms with Crippen molar-refractivity contribution in [2.45, 2.75) is 12.3 Å². The van der Waals surface area contributed by atoms with Crippen LogP contribution in [0, 0.1) is 0 Å². The van der Waals surface area contributed by atoms with Gasteiger partial charge in [0.2, 0.25) is 0 Å². The molecule has 3 heteroatoms. The predicted octanol–water partition coefficient (Wildman–Crippen LogP) is 14.9. The van der Waals surface area contributed by atoms with Crippen molar-refractivity contribution >= 4 is 80.1 Å². The molecule has 2 heterocycles. The smallest absolute Gasteiger partial charge is 0.0476 e. The number of fused-ring (bicyclic) bond motifs is 6. The molecule has 0 aliphatic heterocycles. The van der Waals surface area contributed by atoms with Crippen molar-refractivity contribution in [3.63, 3.8) is 0 Å². The van der Waals surface area contributed by atoms with E-state index >= 15 is 0 Å². The molecule has 0 radical (unpaired) electrons. The molecule has 1 nitrogen and oxygen atoms in total. The summed E-state index contributed by atoms with van der Waals surface area (Å²) in [5.41, 5.74) is 10.0. The summed E-state index contributed by atoms with van der Waals surface area (Å²) in [6.45, 7) is 0. The van der Waals surface area contributed by atoms with Crippen molar-refractivity contribution in [3.8, 4) is 11.1 Å². The quantitative estimate of drug-likeness (QED) is 0.152. The van der Waals surface area contributed by atoms with Crippen LogP contribution in [0.25, 0.3) is 51.5 Å². The lowest BCUT2D eigenvalue weighted by Crippen LogP contribution is -2.09. The lowest BCUT2D eigenvalue weighted by Gasteiger charge is -2.25. The van der Waals surface area contributed by atoms with Gasteiger partial charge in [-0.3, -0.25) is 0 Å². The molecule has 53 heavy (non-hydrogen) atoms. The second-order valence-corrected chi connectivity index (χ2v) is 15.9. The summed E-state index contributed by atoms with van der Waals surface area (Å²) in [6.07, 6.45) is 0.929. The van der Waals surface area contributed by atoms with Crippen LogP contribution in [-0.4, -0.2) is 0 Å². The highest BCUT2D eigenvalue weighted by molar-refractivity contribution is 7.26. The highest BCUT2D eigenvalue weighted by atomic mass is 32.1. The Morgan fingerprint density at radius 2 is 0.925 bits per heavy atom. The van der Waals surface area contributed by atoms with E-state index in [0.29, 0.717) is 0 Å². The minimum absolute atomic E-state index is 0.233. The van der Waals surface area contributed by atoms with Gasteiger partial charge in [0, 0.05) is 63.3 Å². The van der Waals surface area contributed by atoms with Gasteiger partial charge in [-0.05, 0) is 101 Å². The molecule has 1 unspecified atom stereocenters. The molecule has 0 bridgehead atoms. The molecule has 10 rings (SSSR count). The van der Waals surface area contributed by atoms with Crippen LogP contribution >= 0.6 is 22.7 Å². The topological polar surface area (TPSA) is 3.24 Å². The van der Waals surface area contributed by atoms with Crippen molar-refractivity contribution in [2.24, 2.45) is 0 Å². The van der Waals surface area contributed by atoms with Crippen LogP contribution in [0.5, 0.6) is 0 Å². The summed E-state index contributed by atoms with van der Waals surface area (Å²) < 4.78 is 5.31. The number of hydrogen-bond donors (Lipinski definition) is 0. The van der Waals surface area contributed by atoms with Gasteiger partial charge in [0.25, 0.3) is 0 Å². The van der Waals surface area contributed by atoms with E-state index in [-0.39, 0.29) is 5.92 Å². The molecule has 0 spiro atoms. The first-order valence-corrected chi connectivity index (χ1v) is 19.8. The summed E-state index contributed by atoms with van der Waals surface area (Å²) in [5, 5.41) is 5.31. The Morgan fingerprint density at radius 3 is 1.62 bits per heavy atom. The van der Waals surface area contributed by atoms with Crippen molar-refractivity contribution < 1.29 is 0 Å². The van der Waals surface area contributed by atoms with Gasteiger partial charge in [0.1, 0.15) is 0 Å². The van der Waals surface area contributed by atoms with Gasteiger partial charge >= 0.3 is 0 Å². The monoisotopic (exact) mass is 713 g/mol. The Balaban J connectivity index is 1.03. The first kappa shape index (κ1) is 31.7. The van der Waals surface area contributed by atoms with Crippen LogP contribution in [0.4, 0.5) is 17.1 Å². The summed E-state index contributed by atoms with van der Waals surface area (Å²) in [4.78, 5) is 2.34. The third-order valence-corrected chi connectivity index (χ3v) is 12.7. The zero-order valence-corrected chi connectivity index (χ0v) is 30.7. The summed E-state index contributed by atoms with van der Waals surface area (Å²) in [5.74, 6) is 0.233. The lowest BCUT2D eigenvalue weighted by atomic mass is 9.85. The molecular formula is C50H35NS2. The van der Waals surface area contributed by atoms with Gasteiger partial charge in [-0.25, -0.2) is 0 Å². The molecule has 0 aliphatic rings. The molecule has 0 N–H and O–H groups in total. The number of nitrogens with zero attached hydrogens (tertiary/aromatic N) is 1. The van der Waals surface area contributed by atoms with E-state index in [1.807, 2.05) is 22.7 Å². The Kier molecular flexibility index (Phi) is 8.09. The van der Waals surface area contributed by atoms with Gasteiger partial charge in [-0.1, -0.05) is 127 Å². The van der Waals surface area contributed by atoms with Gasteiger partial charge in [-0.2, -0.15) is 0 Å². The highest BCUT2D eigenvalue weighted by Crippen LogP contribution is 2.42. The van der Waals surface area contributed by atoms with E-state index in [1.165, 1.54) is 68.2 Å². The fraction of sp³-hybridized carbons (Fsp3) is 0.0400. The first-order chi connectivity index (χ1) is 26.2. The Labute approximate surface area is 317 Å². The van der Waals surface area contributed by atoms with Gasteiger partial charge in [0.15, 0.2) is 0 Å². The van der Waals surface area contributed by atoms with E-state index in [9.17, 15) is 0 Å². The number of hydrogen-bond acceptors (Lipinski definition) is 3. The van der Waals surface area contributed by atoms with Crippen molar-refractivity contribution in [2.75, 3.05) is 4.90 Å². The largest absolute Gasteiger partial charge is 0.310 e. The number of thiophene rings is 2. The molecule has 2 aromatic heterocycles. The predicted molar refractivity (Wildman–Crippen MR) is 231 cm³/mol. The van der Waals surface area contributed by atoms with E-state index < -0.39 is 0 Å². The molecule has 0 fully saturated rings. The third-order valence-electron chi connectivity index (χ3n) is 10.5. The third kappa shape index (κ3) is 5.98. The summed E-state index contributed by atoms with van der Waals surface area (Å²) in [6, 6.07) is 71.2. The highest BCUT2D eigenvalue weighted by Gasteiger charge is 2.19. The summed E-state index contributed by atoms with van der Waals surface area (Å²) in [7, 11) is 0. The normalized spacial score (nSPS) is 12.2. The van der Waals surface area contributed by atoms with E-state index in [1.54, 1.807) is 0 Å². The minimum Gasteiger partial charge on any atom is -0.310 e. The van der Waals surface area contributed by atoms with Crippen LogP contribution in [0.1, 0.15) is 22.6 Å². The molecule has 252 valence electrons. The Bertz CT molecular complexity index is 2820. The van der Waals surface area contributed by atoms with Gasteiger partial charge in [-0.15, -0.1) is 22.7 Å². The number of rotatable bonds is 8. The number of para-hydroxylation sites is 2. The maximum absolute atomic E-state index is 2.46. The average Bonchev–Trinajstić information content (AvgIpc) is 3.78. The maximum Gasteiger partial charge on any atom is 0.0476 e. The van der Waals surface area contributed by atoms with Crippen LogP contribution < -0.4 is 4.90 Å². The van der Waals surface area contributed by atoms with Crippen molar-refractivity contribution in [1.29, 1.82) is 0 Å². The van der Waals surface area contributed by atoms with E-state index in [0.717, 1.165) is 23.5 Å². The molecule has 0 amide bonds. The SMILES string of the molecule is c1ccc(-c2ccc3sc4ccc(C(Cc5ccc6c(c5)sc5cc(N(c7ccccc7)c7ccccc7)ccc56)c5ccccc5)cc4c3c2)cc1. The van der Waals surface area contributed by atoms with Crippen LogP contribution in [0.2, 0.25) is 0 Å². The molecular weight excluding hydrogens is 679 g/mol. The molecule has 0 saturated carbocycles. The second-order valence-electron chi connectivity index (χ2n) is 13.7. The average molecular weight is 714 g/mol. The molecule has 0 saturated heterocycles. The Morgan fingerprint density at radius 1 is 0.358 bits per heavy atom. The van der Waals surface area contributed by atoms with Gasteiger partial charge in [0.05, 0.1) is 0 Å². The zero-order chi connectivity index (χ0) is 35.1. The minimum atomic E-state index is 0.233. The van der Waals surface area contributed by atoms with Crippen molar-refractivity contribution in [3.05, 3.63) is 211 Å². The fourth-order valence-corrected chi connectivity index (χ4v) is 10.1. The molecule has 10 aromatic rings. The first-order valence-electron chi connectivity index (χ1n) is 18.2. The Hall–Kier alpha value is -6.00. The molecule has 8 aromatic carbocycles. The zero-order valence-electron chi connectivity index (χ0n) is 29.0. The number of anilines is 3. The summed E-state index contributed by atoms with van der Waals surface area (Å²) >= 11 is 3.78. The standard InChI is InChI=1S/C50H35NS2/c1-5-13-35(14-6-1)37-22-27-47-45(31-37)46-32-38(23-28-48(46)52-47)44(36-15-7-2-8-16-36)29-34-21-25-42-43-26-24-41(33-50(43)53-49(42)30-34)51(39-17-9-3-10-18-39)40-19-11-4-12-20-40/h1-28,30-33,44H,29H2. The fourth-order valence-electron chi connectivity index (χ4n) is 7.85. The van der Waals surface area contributed by atoms with Crippen LogP contribution in [0.15, 0.2) is 194 Å².